The average molecular weight is 273 g/mol. The van der Waals surface area contributed by atoms with Crippen molar-refractivity contribution in [3.05, 3.63) is 38.9 Å². The Balaban J connectivity index is 2.78. The summed E-state index contributed by atoms with van der Waals surface area (Å²) in [6.45, 7) is 1.88. The number of amides is 1. The molecule has 98 valence electrons. The summed E-state index contributed by atoms with van der Waals surface area (Å²) in [5.74, 6) is -0.496. The molecule has 0 aromatic heterocycles. The molecule has 1 unspecified atom stereocenters. The third-order valence-corrected chi connectivity index (χ3v) is 2.58. The largest absolute Gasteiger partial charge is 0.393 e. The number of nitro benzene ring substituents is 1. The first-order valence-electron chi connectivity index (χ1n) is 5.32. The number of nitrogens with zero attached hydrogens (tertiary/aromatic N) is 1. The van der Waals surface area contributed by atoms with Gasteiger partial charge in [0.05, 0.1) is 21.6 Å². The second-order valence-corrected chi connectivity index (χ2v) is 4.22. The van der Waals surface area contributed by atoms with Crippen LogP contribution in [0.3, 0.4) is 0 Å². The van der Waals surface area contributed by atoms with Gasteiger partial charge in [-0.25, -0.2) is 0 Å². The molecule has 0 bridgehead atoms. The van der Waals surface area contributed by atoms with Crippen molar-refractivity contribution in [3.63, 3.8) is 0 Å². The summed E-state index contributed by atoms with van der Waals surface area (Å²) in [4.78, 5) is 21.7. The lowest BCUT2D eigenvalue weighted by Gasteiger charge is -2.07. The molecule has 1 atom stereocenters. The van der Waals surface area contributed by atoms with Crippen molar-refractivity contribution in [1.29, 1.82) is 0 Å². The van der Waals surface area contributed by atoms with Crippen LogP contribution in [0.15, 0.2) is 18.2 Å². The summed E-state index contributed by atoms with van der Waals surface area (Å²) in [7, 11) is 0. The highest BCUT2D eigenvalue weighted by molar-refractivity contribution is 6.33. The number of benzene rings is 1. The lowest BCUT2D eigenvalue weighted by molar-refractivity contribution is -0.384. The van der Waals surface area contributed by atoms with Gasteiger partial charge < -0.3 is 10.4 Å². The van der Waals surface area contributed by atoms with Crippen molar-refractivity contribution in [2.45, 2.75) is 19.4 Å². The molecule has 18 heavy (non-hydrogen) atoms. The predicted octanol–water partition coefficient (Wildman–Crippen LogP) is 1.75. The molecular weight excluding hydrogens is 260 g/mol. The van der Waals surface area contributed by atoms with Gasteiger partial charge in [-0.2, -0.15) is 0 Å². The Morgan fingerprint density at radius 2 is 2.28 bits per heavy atom. The number of nitro groups is 1. The Hall–Kier alpha value is -1.66. The molecule has 0 aliphatic rings. The number of aliphatic hydroxyl groups excluding tert-OH is 1. The minimum Gasteiger partial charge on any atom is -0.393 e. The van der Waals surface area contributed by atoms with Crippen molar-refractivity contribution >= 4 is 23.2 Å². The van der Waals surface area contributed by atoms with E-state index in [0.717, 1.165) is 6.07 Å². The quantitative estimate of drug-likeness (QED) is 0.631. The van der Waals surface area contributed by atoms with E-state index in [1.54, 1.807) is 6.92 Å². The standard InChI is InChI=1S/C11H13ClN2O4/c1-7(15)4-5-13-11(16)9-6-8(14(17)18)2-3-10(9)12/h2-3,6-7,15H,4-5H2,1H3,(H,13,16). The summed E-state index contributed by atoms with van der Waals surface area (Å²) in [5, 5.41) is 22.3. The van der Waals surface area contributed by atoms with Crippen LogP contribution < -0.4 is 5.32 Å². The maximum absolute atomic E-state index is 11.7. The van der Waals surface area contributed by atoms with Crippen LogP contribution in [0, 0.1) is 10.1 Å². The first-order chi connectivity index (χ1) is 8.41. The summed E-state index contributed by atoms with van der Waals surface area (Å²) in [6, 6.07) is 3.66. The van der Waals surface area contributed by atoms with Crippen LogP contribution in [-0.4, -0.2) is 28.6 Å². The number of hydrogen-bond donors (Lipinski definition) is 2. The highest BCUT2D eigenvalue weighted by atomic mass is 35.5. The number of nitrogens with one attached hydrogen (secondary N) is 1. The van der Waals surface area contributed by atoms with Crippen molar-refractivity contribution in [3.8, 4) is 0 Å². The zero-order chi connectivity index (χ0) is 13.7. The lowest BCUT2D eigenvalue weighted by Crippen LogP contribution is -2.26. The van der Waals surface area contributed by atoms with E-state index in [-0.39, 0.29) is 22.8 Å². The van der Waals surface area contributed by atoms with Gasteiger partial charge in [0.25, 0.3) is 11.6 Å². The van der Waals surface area contributed by atoms with E-state index in [4.69, 9.17) is 16.7 Å². The maximum atomic E-state index is 11.7. The topological polar surface area (TPSA) is 92.5 Å². The number of rotatable bonds is 5. The predicted molar refractivity (Wildman–Crippen MR) is 66.7 cm³/mol. The van der Waals surface area contributed by atoms with E-state index in [1.165, 1.54) is 12.1 Å². The van der Waals surface area contributed by atoms with Gasteiger partial charge in [-0.3, -0.25) is 14.9 Å². The van der Waals surface area contributed by atoms with Crippen LogP contribution in [0.2, 0.25) is 5.02 Å². The molecule has 7 heteroatoms. The number of hydrogen-bond acceptors (Lipinski definition) is 4. The van der Waals surface area contributed by atoms with Crippen LogP contribution in [0.1, 0.15) is 23.7 Å². The molecule has 1 aromatic carbocycles. The molecule has 0 saturated heterocycles. The van der Waals surface area contributed by atoms with Crippen molar-refractivity contribution in [2.75, 3.05) is 6.54 Å². The van der Waals surface area contributed by atoms with Gasteiger partial charge in [0.2, 0.25) is 0 Å². The Morgan fingerprint density at radius 3 is 2.83 bits per heavy atom. The first kappa shape index (κ1) is 14.4. The molecule has 0 aliphatic heterocycles. The molecule has 0 heterocycles. The fourth-order valence-electron chi connectivity index (χ4n) is 1.29. The zero-order valence-electron chi connectivity index (χ0n) is 9.72. The third-order valence-electron chi connectivity index (χ3n) is 2.25. The van der Waals surface area contributed by atoms with Gasteiger partial charge in [-0.15, -0.1) is 0 Å². The molecule has 1 rings (SSSR count). The highest BCUT2D eigenvalue weighted by Gasteiger charge is 2.15. The van der Waals surface area contributed by atoms with Gasteiger partial charge in [0.15, 0.2) is 0 Å². The third kappa shape index (κ3) is 3.97. The lowest BCUT2D eigenvalue weighted by atomic mass is 10.2. The second kappa shape index (κ2) is 6.32. The fourth-order valence-corrected chi connectivity index (χ4v) is 1.49. The normalized spacial score (nSPS) is 11.9. The van der Waals surface area contributed by atoms with Gasteiger partial charge in [0, 0.05) is 18.7 Å². The minimum atomic E-state index is -0.594. The van der Waals surface area contributed by atoms with E-state index in [1.807, 2.05) is 0 Å². The molecule has 6 nitrogen and oxygen atoms in total. The first-order valence-corrected chi connectivity index (χ1v) is 5.70. The molecule has 2 N–H and O–H groups in total. The smallest absolute Gasteiger partial charge is 0.270 e. The van der Waals surface area contributed by atoms with E-state index in [2.05, 4.69) is 5.32 Å². The average Bonchev–Trinajstić information content (AvgIpc) is 2.28. The number of carbonyl (C=O) groups excluding carboxylic acids is 1. The van der Waals surface area contributed by atoms with E-state index in [0.29, 0.717) is 6.42 Å². The maximum Gasteiger partial charge on any atom is 0.270 e. The van der Waals surface area contributed by atoms with Gasteiger partial charge in [-0.05, 0) is 19.4 Å². The summed E-state index contributed by atoms with van der Waals surface area (Å²) < 4.78 is 0. The van der Waals surface area contributed by atoms with Gasteiger partial charge >= 0.3 is 0 Å². The van der Waals surface area contributed by atoms with Crippen LogP contribution in [0.25, 0.3) is 0 Å². The SMILES string of the molecule is CC(O)CCNC(=O)c1cc([N+](=O)[O-])ccc1Cl. The molecule has 0 spiro atoms. The Bertz CT molecular complexity index is 462. The summed E-state index contributed by atoms with van der Waals surface area (Å²) >= 11 is 5.80. The van der Waals surface area contributed by atoms with E-state index >= 15 is 0 Å². The second-order valence-electron chi connectivity index (χ2n) is 3.81. The highest BCUT2D eigenvalue weighted by Crippen LogP contribution is 2.21. The molecule has 0 saturated carbocycles. The van der Waals surface area contributed by atoms with E-state index < -0.39 is 16.9 Å². The molecule has 1 amide bonds. The Morgan fingerprint density at radius 1 is 1.61 bits per heavy atom. The molecular formula is C11H13ClN2O4. The van der Waals surface area contributed by atoms with Crippen LogP contribution in [0.5, 0.6) is 0 Å². The van der Waals surface area contributed by atoms with Crippen LogP contribution in [0.4, 0.5) is 5.69 Å². The molecule has 0 radical (unpaired) electrons. The number of halogens is 1. The van der Waals surface area contributed by atoms with Crippen molar-refractivity contribution in [1.82, 2.24) is 5.32 Å². The zero-order valence-corrected chi connectivity index (χ0v) is 10.5. The summed E-state index contributed by atoms with van der Waals surface area (Å²) in [5.41, 5.74) is -0.142. The fraction of sp³-hybridized carbons (Fsp3) is 0.364. The molecule has 1 aromatic rings. The number of aliphatic hydroxyl groups is 1. The Labute approximate surface area is 109 Å². The van der Waals surface area contributed by atoms with Crippen molar-refractivity contribution < 1.29 is 14.8 Å². The van der Waals surface area contributed by atoms with E-state index in [9.17, 15) is 14.9 Å². The molecule has 0 aliphatic carbocycles. The minimum absolute atomic E-state index is 0.0523. The van der Waals surface area contributed by atoms with Gasteiger partial charge in [0.1, 0.15) is 0 Å². The van der Waals surface area contributed by atoms with Gasteiger partial charge in [-0.1, -0.05) is 11.6 Å². The van der Waals surface area contributed by atoms with Crippen LogP contribution >= 0.6 is 11.6 Å². The monoisotopic (exact) mass is 272 g/mol. The number of non-ortho nitro benzene ring substituents is 1. The van der Waals surface area contributed by atoms with Crippen LogP contribution in [-0.2, 0) is 0 Å². The summed E-state index contributed by atoms with van der Waals surface area (Å²) in [6.07, 6.45) is -0.121. The van der Waals surface area contributed by atoms with Crippen molar-refractivity contribution in [2.24, 2.45) is 0 Å². The molecule has 0 fully saturated rings. The number of carbonyl (C=O) groups is 1. The Kier molecular flexibility index (Phi) is 5.06.